The molecule has 0 aliphatic heterocycles. The van der Waals surface area contributed by atoms with Crippen molar-refractivity contribution in [3.05, 3.63) is 176 Å². The smallest absolute Gasteiger partial charge is 0.430 e. The van der Waals surface area contributed by atoms with Gasteiger partial charge in [-0.3, -0.25) is 0 Å². The molecule has 0 aromatic heterocycles. The van der Waals surface area contributed by atoms with Crippen molar-refractivity contribution in [1.82, 2.24) is 0 Å². The molecule has 0 unspecified atom stereocenters. The van der Waals surface area contributed by atoms with Crippen molar-refractivity contribution in [2.75, 3.05) is 0 Å². The number of hydrogen-bond donors (Lipinski definition) is 0. The first kappa shape index (κ1) is 63.5. The molecule has 0 N–H and O–H groups in total. The Bertz CT molecular complexity index is 2460. The fourth-order valence-corrected chi connectivity index (χ4v) is 59.5. The first-order valence-electron chi connectivity index (χ1n) is 27.2. The molecule has 0 bridgehead atoms. The van der Waals surface area contributed by atoms with Crippen LogP contribution in [0, 0.1) is 0 Å². The first-order chi connectivity index (χ1) is 34.7. The summed E-state index contributed by atoms with van der Waals surface area (Å²) in [6.45, 7) is 48.4. The summed E-state index contributed by atoms with van der Waals surface area (Å²) in [7, 11) is -28.6. The highest BCUT2D eigenvalue weighted by atomic mass is 28.5. The van der Waals surface area contributed by atoms with Crippen LogP contribution in [0.5, 0.6) is 0 Å². The van der Waals surface area contributed by atoms with Gasteiger partial charge in [0.05, 0.1) is 0 Å². The van der Waals surface area contributed by atoms with E-state index in [0.29, 0.717) is 0 Å². The van der Waals surface area contributed by atoms with Gasteiger partial charge in [0, 0.05) is 13.3 Å². The van der Waals surface area contributed by atoms with Crippen molar-refractivity contribution in [3.8, 4) is 0 Å². The topological polar surface area (TPSA) is 64.6 Å². The van der Waals surface area contributed by atoms with Crippen LogP contribution in [0.2, 0.25) is 148 Å². The van der Waals surface area contributed by atoms with Crippen molar-refractivity contribution < 1.29 is 28.8 Å². The van der Waals surface area contributed by atoms with Crippen molar-refractivity contribution >= 4 is 118 Å². The third-order valence-corrected chi connectivity index (χ3v) is 54.7. The largest absolute Gasteiger partial charge is 0.506 e. The van der Waals surface area contributed by atoms with Gasteiger partial charge in [0.2, 0.25) is 16.6 Å². The molecule has 7 nitrogen and oxygen atoms in total. The lowest BCUT2D eigenvalue weighted by atomic mass is 10.4. The maximum atomic E-state index is 8.06. The van der Waals surface area contributed by atoms with Crippen LogP contribution in [0.1, 0.15) is 0 Å². The van der Waals surface area contributed by atoms with E-state index in [4.69, 9.17) is 28.8 Å². The van der Waals surface area contributed by atoms with Crippen LogP contribution in [0.4, 0.5) is 0 Å². The fourth-order valence-electron chi connectivity index (χ4n) is 9.19. The van der Waals surface area contributed by atoms with Gasteiger partial charge in [0.1, 0.15) is 0 Å². The van der Waals surface area contributed by atoms with Crippen molar-refractivity contribution in [2.24, 2.45) is 0 Å². The molecule has 5 aromatic rings. The summed E-state index contributed by atoms with van der Waals surface area (Å²) in [5.74, 6) is 0. The van der Waals surface area contributed by atoms with E-state index >= 15 is 0 Å². The predicted octanol–water partition coefficient (Wildman–Crippen LogP) is 13.7. The molecule has 5 rings (SSSR count). The zero-order valence-electron chi connectivity index (χ0n) is 49.1. The third-order valence-electron chi connectivity index (χ3n) is 13.7. The molecule has 0 atom stereocenters. The fraction of sp³-hybridized carbons (Fsp3) is 0.404. The molecule has 0 aliphatic rings. The van der Waals surface area contributed by atoms with E-state index in [9.17, 15) is 0 Å². The van der Waals surface area contributed by atoms with E-state index in [0.717, 1.165) is 45.8 Å². The highest BCUT2D eigenvalue weighted by Crippen LogP contribution is 2.35. The van der Waals surface area contributed by atoms with E-state index in [2.05, 4.69) is 270 Å². The summed E-state index contributed by atoms with van der Waals surface area (Å²) in [5.41, 5.74) is 3.98. The molecule has 0 radical (unpaired) electrons. The summed E-state index contributed by atoms with van der Waals surface area (Å²) in [5, 5.41) is 5.65. The minimum atomic E-state index is -3.50. The summed E-state index contributed by atoms with van der Waals surface area (Å²) in [6.07, 6.45) is 0. The summed E-state index contributed by atoms with van der Waals surface area (Å²) in [4.78, 5) is 0. The minimum Gasteiger partial charge on any atom is -0.430 e. The van der Waals surface area contributed by atoms with Crippen molar-refractivity contribution in [1.29, 1.82) is 0 Å². The quantitative estimate of drug-likeness (QED) is 0.0425. The van der Waals surface area contributed by atoms with Crippen LogP contribution < -0.4 is 25.9 Å². The Labute approximate surface area is 467 Å². The molecule has 0 amide bonds. The van der Waals surface area contributed by atoms with Crippen LogP contribution >= 0.6 is 0 Å². The molecule has 0 saturated carbocycles. The van der Waals surface area contributed by atoms with Crippen LogP contribution in [0.3, 0.4) is 0 Å². The molecule has 5 aromatic carbocycles. The van der Waals surface area contributed by atoms with E-state index in [1.165, 1.54) is 16.4 Å². The lowest BCUT2D eigenvalue weighted by Crippen LogP contribution is -2.71. The van der Waals surface area contributed by atoms with Crippen molar-refractivity contribution in [2.45, 2.75) is 148 Å². The molecular formula is C57H94O7Si11. The summed E-state index contributed by atoms with van der Waals surface area (Å²) >= 11 is 0. The number of benzene rings is 5. The SMILES string of the molecule is C=C[Si](C)(C)O[Si](O[Si](C)(C)C=C)(O[Si](C)(C)CC[Si](C)(C)O[Si](O[Si](C)(C)CC[Si](C)(C)O[Si](O[Si](C)(C)CC[Si](C)(C)C)(c1ccccc1)c1ccccc1)(c1ccccc1)c1ccccc1)c1ccccc1. The lowest BCUT2D eigenvalue weighted by molar-refractivity contribution is 0.274. The maximum absolute atomic E-state index is 8.06. The second kappa shape index (κ2) is 25.4. The predicted molar refractivity (Wildman–Crippen MR) is 350 cm³/mol. The number of rotatable bonds is 30. The monoisotopic (exact) mass is 1200 g/mol. The Morgan fingerprint density at radius 3 is 0.720 bits per heavy atom. The van der Waals surface area contributed by atoms with Gasteiger partial charge >= 0.3 is 25.9 Å². The van der Waals surface area contributed by atoms with Gasteiger partial charge in [0.15, 0.2) is 41.6 Å². The van der Waals surface area contributed by atoms with E-state index < -0.39 is 92.2 Å². The second-order valence-corrected chi connectivity index (χ2v) is 70.9. The van der Waals surface area contributed by atoms with Gasteiger partial charge in [-0.05, 0) is 143 Å². The molecule has 75 heavy (non-hydrogen) atoms. The average Bonchev–Trinajstić information content (AvgIpc) is 3.35. The van der Waals surface area contributed by atoms with Gasteiger partial charge in [-0.2, -0.15) is 0 Å². The Kier molecular flexibility index (Phi) is 21.5. The highest BCUT2D eigenvalue weighted by molar-refractivity contribution is 7.04. The zero-order chi connectivity index (χ0) is 55.7. The molecule has 0 spiro atoms. The van der Waals surface area contributed by atoms with Crippen LogP contribution in [-0.4, -0.2) is 92.2 Å². The van der Waals surface area contributed by atoms with Gasteiger partial charge < -0.3 is 28.8 Å². The Morgan fingerprint density at radius 1 is 0.280 bits per heavy atom. The van der Waals surface area contributed by atoms with Gasteiger partial charge in [-0.15, -0.1) is 13.2 Å². The molecule has 0 aliphatic carbocycles. The molecule has 0 heterocycles. The van der Waals surface area contributed by atoms with Crippen LogP contribution in [0.15, 0.2) is 176 Å². The zero-order valence-corrected chi connectivity index (χ0v) is 60.1. The second-order valence-electron chi connectivity index (χ2n) is 25.8. The summed E-state index contributed by atoms with van der Waals surface area (Å²) in [6, 6.07) is 60.0. The minimum absolute atomic E-state index is 0.868. The molecule has 18 heteroatoms. The number of hydrogen-bond acceptors (Lipinski definition) is 7. The van der Waals surface area contributed by atoms with Gasteiger partial charge in [-0.25, -0.2) is 0 Å². The third kappa shape index (κ3) is 18.6. The molecular weight excluding hydrogens is 1110 g/mol. The summed E-state index contributed by atoms with van der Waals surface area (Å²) < 4.78 is 54.1. The standard InChI is InChI=1S/C57H94O7Si11/c1-20-66(6,7)62-75(63-67(8,9)21-2,57-45-35-26-36-46-57)64-72(18,19)52-51-71(16,17)61-74(55-41-31-24-32-42-55,56-43-33-25-34-44-56)60-70(14,15)50-49-69(12,13)59-73(53-37-27-22-28-38-53,54-39-29-23-30-40-54)58-68(10,11)48-47-65(3,4)5/h20-46H,1-2,47-52H2,3-19H3. The van der Waals surface area contributed by atoms with E-state index in [1.807, 2.05) is 17.5 Å². The van der Waals surface area contributed by atoms with Crippen LogP contribution in [0.25, 0.3) is 0 Å². The maximum Gasteiger partial charge on any atom is 0.506 e. The van der Waals surface area contributed by atoms with Gasteiger partial charge in [0.25, 0.3) is 0 Å². The Balaban J connectivity index is 1.51. The molecule has 0 saturated heterocycles. The van der Waals surface area contributed by atoms with Crippen LogP contribution in [-0.2, 0) is 28.8 Å². The normalized spacial score (nSPS) is 13.9. The average molecular weight is 1200 g/mol. The van der Waals surface area contributed by atoms with E-state index in [-0.39, 0.29) is 0 Å². The highest BCUT2D eigenvalue weighted by Gasteiger charge is 2.56. The van der Waals surface area contributed by atoms with E-state index in [1.54, 1.807) is 0 Å². The lowest BCUT2D eigenvalue weighted by Gasteiger charge is -2.46. The molecule has 0 fully saturated rings. The molecule has 408 valence electrons. The van der Waals surface area contributed by atoms with Crippen molar-refractivity contribution in [3.63, 3.8) is 0 Å². The Hall–Kier alpha value is -2.31. The first-order valence-corrected chi connectivity index (χ1v) is 57.8. The van der Waals surface area contributed by atoms with Gasteiger partial charge in [-0.1, -0.05) is 189 Å². The Morgan fingerprint density at radius 2 is 0.493 bits per heavy atom.